The summed E-state index contributed by atoms with van der Waals surface area (Å²) in [6.45, 7) is 1.84. The highest BCUT2D eigenvalue weighted by molar-refractivity contribution is 7.80. The smallest absolute Gasteiger partial charge is 0.128 e. The van der Waals surface area contributed by atoms with Crippen LogP contribution in [0.5, 0.6) is 0 Å². The number of halogens is 1. The minimum absolute atomic E-state index is 0.192. The molecule has 2 unspecified atom stereocenters. The van der Waals surface area contributed by atoms with E-state index in [1.807, 2.05) is 12.1 Å². The van der Waals surface area contributed by atoms with Crippen molar-refractivity contribution in [1.82, 2.24) is 4.90 Å². The number of rotatable bonds is 3. The molecule has 96 valence electrons. The van der Waals surface area contributed by atoms with Gasteiger partial charge in [-0.05, 0) is 31.2 Å². The summed E-state index contributed by atoms with van der Waals surface area (Å²) < 4.78 is 14.0. The number of nitrogens with two attached hydrogens (primary N) is 1. The Morgan fingerprint density at radius 2 is 2.28 bits per heavy atom. The van der Waals surface area contributed by atoms with Crippen LogP contribution < -0.4 is 5.73 Å². The van der Waals surface area contributed by atoms with Gasteiger partial charge in [0.25, 0.3) is 0 Å². The lowest BCUT2D eigenvalue weighted by Crippen LogP contribution is -2.31. The molecule has 18 heavy (non-hydrogen) atoms. The van der Waals surface area contributed by atoms with Crippen molar-refractivity contribution in [2.45, 2.75) is 31.8 Å². The number of hydrogen-bond acceptors (Lipinski definition) is 2. The molecule has 1 heterocycles. The number of piperidine rings is 1. The van der Waals surface area contributed by atoms with Crippen molar-refractivity contribution < 1.29 is 4.39 Å². The molecular formula is C14H17FN2S. The fraction of sp³-hybridized carbons (Fsp3) is 0.500. The zero-order valence-corrected chi connectivity index (χ0v) is 11.0. The average molecular weight is 264 g/mol. The van der Waals surface area contributed by atoms with E-state index < -0.39 is 0 Å². The van der Waals surface area contributed by atoms with Gasteiger partial charge in [0.1, 0.15) is 10.8 Å². The van der Waals surface area contributed by atoms with Crippen LogP contribution in [0.25, 0.3) is 0 Å². The van der Waals surface area contributed by atoms with E-state index in [-0.39, 0.29) is 10.8 Å². The van der Waals surface area contributed by atoms with E-state index >= 15 is 0 Å². The Morgan fingerprint density at radius 1 is 1.44 bits per heavy atom. The molecule has 3 rings (SSSR count). The van der Waals surface area contributed by atoms with Crippen molar-refractivity contribution >= 4 is 17.2 Å². The van der Waals surface area contributed by atoms with E-state index in [4.69, 9.17) is 18.0 Å². The number of thiocarbonyl (C=S) groups is 1. The summed E-state index contributed by atoms with van der Waals surface area (Å²) in [6, 6.07) is 5.75. The highest BCUT2D eigenvalue weighted by Gasteiger charge is 2.37. The first-order chi connectivity index (χ1) is 8.63. The molecular weight excluding hydrogens is 247 g/mol. The Hall–Kier alpha value is -1.00. The summed E-state index contributed by atoms with van der Waals surface area (Å²) in [6.07, 6.45) is 3.92. The maximum absolute atomic E-state index is 14.0. The number of hydrogen-bond donors (Lipinski definition) is 1. The highest BCUT2D eigenvalue weighted by Crippen LogP contribution is 2.38. The van der Waals surface area contributed by atoms with Crippen molar-refractivity contribution in [2.75, 3.05) is 6.54 Å². The maximum atomic E-state index is 14.0. The summed E-state index contributed by atoms with van der Waals surface area (Å²) in [4.78, 5) is 2.66. The van der Waals surface area contributed by atoms with E-state index in [2.05, 4.69) is 4.90 Å². The number of benzene rings is 1. The molecule has 2 atom stereocenters. The highest BCUT2D eigenvalue weighted by atomic mass is 32.1. The fourth-order valence-electron chi connectivity index (χ4n) is 3.27. The molecule has 2 fully saturated rings. The fourth-order valence-corrected chi connectivity index (χ4v) is 3.39. The Bertz CT molecular complexity index is 489. The summed E-state index contributed by atoms with van der Waals surface area (Å²) in [5.74, 6) is 0.650. The van der Waals surface area contributed by atoms with Crippen molar-refractivity contribution in [2.24, 2.45) is 11.7 Å². The van der Waals surface area contributed by atoms with Gasteiger partial charge in [-0.25, -0.2) is 4.39 Å². The summed E-state index contributed by atoms with van der Waals surface area (Å²) in [5, 5.41) is 0. The Labute approximate surface area is 112 Å². The monoisotopic (exact) mass is 264 g/mol. The minimum Gasteiger partial charge on any atom is -0.389 e. The van der Waals surface area contributed by atoms with Crippen LogP contribution in [-0.2, 0) is 6.54 Å². The molecule has 0 spiro atoms. The summed E-state index contributed by atoms with van der Waals surface area (Å²) in [7, 11) is 0. The van der Waals surface area contributed by atoms with Crippen molar-refractivity contribution in [1.29, 1.82) is 0 Å². The molecule has 1 aliphatic heterocycles. The van der Waals surface area contributed by atoms with Crippen molar-refractivity contribution in [3.8, 4) is 0 Å². The summed E-state index contributed by atoms with van der Waals surface area (Å²) in [5.41, 5.74) is 6.86. The zero-order chi connectivity index (χ0) is 12.7. The predicted molar refractivity (Wildman–Crippen MR) is 73.8 cm³/mol. The van der Waals surface area contributed by atoms with Crippen LogP contribution in [-0.4, -0.2) is 22.5 Å². The minimum atomic E-state index is -0.192. The van der Waals surface area contributed by atoms with Crippen LogP contribution >= 0.6 is 12.2 Å². The number of likely N-dealkylation sites (tertiary alicyclic amines) is 1. The Morgan fingerprint density at radius 3 is 2.83 bits per heavy atom. The molecule has 4 heteroatoms. The van der Waals surface area contributed by atoms with Gasteiger partial charge < -0.3 is 5.73 Å². The molecule has 2 nitrogen and oxygen atoms in total. The van der Waals surface area contributed by atoms with Crippen molar-refractivity contribution in [3.63, 3.8) is 0 Å². The summed E-state index contributed by atoms with van der Waals surface area (Å²) >= 11 is 4.85. The predicted octanol–water partition coefficient (Wildman–Crippen LogP) is 2.44. The van der Waals surface area contributed by atoms with Gasteiger partial charge in [-0.15, -0.1) is 0 Å². The third-order valence-electron chi connectivity index (χ3n) is 4.23. The molecule has 1 aromatic carbocycles. The second-order valence-corrected chi connectivity index (χ2v) is 5.87. The second kappa shape index (κ2) is 4.59. The molecule has 2 bridgehead atoms. The largest absolute Gasteiger partial charge is 0.389 e. The normalized spacial score (nSPS) is 26.7. The van der Waals surface area contributed by atoms with E-state index in [0.717, 1.165) is 18.0 Å². The zero-order valence-electron chi connectivity index (χ0n) is 10.2. The van der Waals surface area contributed by atoms with Gasteiger partial charge in [0.2, 0.25) is 0 Å². The molecule has 0 amide bonds. The van der Waals surface area contributed by atoms with Crippen LogP contribution in [0, 0.1) is 11.7 Å². The molecule has 0 aromatic heterocycles. The molecule has 1 aliphatic carbocycles. The van der Waals surface area contributed by atoms with Crippen LogP contribution in [0.15, 0.2) is 18.2 Å². The van der Waals surface area contributed by atoms with Gasteiger partial charge in [0.15, 0.2) is 0 Å². The lowest BCUT2D eigenvalue weighted by atomic mass is 10.1. The van der Waals surface area contributed by atoms with E-state index in [1.165, 1.54) is 25.3 Å². The first-order valence-corrected chi connectivity index (χ1v) is 6.86. The van der Waals surface area contributed by atoms with Crippen LogP contribution in [0.3, 0.4) is 0 Å². The van der Waals surface area contributed by atoms with Gasteiger partial charge in [-0.3, -0.25) is 4.90 Å². The van der Waals surface area contributed by atoms with Gasteiger partial charge in [-0.1, -0.05) is 24.4 Å². The average Bonchev–Trinajstić information content (AvgIpc) is 2.93. The lowest BCUT2D eigenvalue weighted by Gasteiger charge is -2.26. The number of fused-ring (bicyclic) bond motifs is 2. The van der Waals surface area contributed by atoms with Crippen molar-refractivity contribution in [3.05, 3.63) is 35.1 Å². The Kier molecular flexibility index (Phi) is 3.08. The quantitative estimate of drug-likeness (QED) is 0.850. The lowest BCUT2D eigenvalue weighted by molar-refractivity contribution is 0.203. The third-order valence-corrected chi connectivity index (χ3v) is 4.47. The topological polar surface area (TPSA) is 29.3 Å². The van der Waals surface area contributed by atoms with Crippen LogP contribution in [0.1, 0.15) is 30.4 Å². The van der Waals surface area contributed by atoms with Gasteiger partial charge in [-0.2, -0.15) is 0 Å². The number of nitrogens with zero attached hydrogens (tertiary/aromatic N) is 1. The first kappa shape index (κ1) is 12.1. The SMILES string of the molecule is NC(=S)c1ccc(CN2CC3CCC2C3)c(F)c1. The first-order valence-electron chi connectivity index (χ1n) is 6.46. The second-order valence-electron chi connectivity index (χ2n) is 5.43. The van der Waals surface area contributed by atoms with Crippen LogP contribution in [0.2, 0.25) is 0 Å². The molecule has 1 saturated heterocycles. The van der Waals surface area contributed by atoms with Gasteiger partial charge in [0.05, 0.1) is 0 Å². The van der Waals surface area contributed by atoms with Crippen LogP contribution in [0.4, 0.5) is 4.39 Å². The maximum Gasteiger partial charge on any atom is 0.128 e. The molecule has 2 N–H and O–H groups in total. The molecule has 1 saturated carbocycles. The van der Waals surface area contributed by atoms with Gasteiger partial charge in [0, 0.05) is 30.3 Å². The van der Waals surface area contributed by atoms with Gasteiger partial charge >= 0.3 is 0 Å². The molecule has 1 aromatic rings. The van der Waals surface area contributed by atoms with E-state index in [9.17, 15) is 4.39 Å². The molecule has 2 aliphatic rings. The molecule has 0 radical (unpaired) electrons. The Balaban J connectivity index is 1.75. The van der Waals surface area contributed by atoms with E-state index in [1.54, 1.807) is 0 Å². The van der Waals surface area contributed by atoms with E-state index in [0.29, 0.717) is 18.2 Å². The standard InChI is InChI=1S/C14H17FN2S/c15-13-6-10(14(16)18)2-3-11(13)8-17-7-9-1-4-12(17)5-9/h2-3,6,9,12H,1,4-5,7-8H2,(H2,16,18). The third kappa shape index (κ3) is 2.15.